The van der Waals surface area contributed by atoms with Crippen LogP contribution in [0.25, 0.3) is 0 Å². The monoisotopic (exact) mass is 451 g/mol. The van der Waals surface area contributed by atoms with Gasteiger partial charge in [-0.15, -0.1) is 0 Å². The smallest absolute Gasteiger partial charge is 0 e. The van der Waals surface area contributed by atoms with Crippen molar-refractivity contribution < 1.29 is 84.8 Å². The molecule has 0 aliphatic rings. The molecule has 82 valence electrons. The van der Waals surface area contributed by atoms with Crippen LogP contribution in [0.4, 0.5) is 0 Å². The molecule has 0 radical (unpaired) electrons. The largest absolute Gasteiger partial charge is 0.813 e. The molecule has 0 unspecified atom stereocenters. The van der Waals surface area contributed by atoms with Gasteiger partial charge in [0, 0.05) is 84.8 Å². The molecule has 0 bridgehead atoms. The van der Waals surface area contributed by atoms with Crippen molar-refractivity contribution in [1.82, 2.24) is 0 Å². The summed E-state index contributed by atoms with van der Waals surface area (Å²) in [7, 11) is 0. The van der Waals surface area contributed by atoms with Gasteiger partial charge in [0.1, 0.15) is 0 Å². The van der Waals surface area contributed by atoms with Crippen molar-refractivity contribution in [3.63, 3.8) is 0 Å². The first-order valence-corrected chi connectivity index (χ1v) is 0. The Balaban J connectivity index is 0. The molecule has 0 N–H and O–H groups in total. The Labute approximate surface area is 150 Å². The number of hydrogen-bond acceptors (Lipinski definition) is 3. The fraction of sp³-hybridized carbons (Fsp3) is 0. The fourth-order valence-electron chi connectivity index (χ4n) is 0. The zero-order valence-corrected chi connectivity index (χ0v) is 14.6. The molecule has 0 aromatic rings. The van der Waals surface area contributed by atoms with Crippen LogP contribution >= 0.6 is 0 Å². The summed E-state index contributed by atoms with van der Waals surface area (Å²) >= 11 is 0. The third-order valence-electron chi connectivity index (χ3n) is 0. The van der Waals surface area contributed by atoms with E-state index in [0.29, 0.717) is 0 Å². The maximum atomic E-state index is 0. The predicted octanol–water partition coefficient (Wildman–Crippen LogP) is -2.43. The van der Waals surface area contributed by atoms with Crippen molar-refractivity contribution in [2.75, 3.05) is 0 Å². The van der Waals surface area contributed by atoms with Crippen molar-refractivity contribution in [3.8, 4) is 0 Å². The van der Waals surface area contributed by atoms with E-state index in [-0.39, 0.29) is 152 Å². The fourth-order valence-corrected chi connectivity index (χ4v) is 0. The normalized spacial score (nSPS) is 0. The first-order valence-electron chi connectivity index (χ1n) is 0. The molecule has 0 atom stereocenters. The van der Waals surface area contributed by atoms with Gasteiger partial charge >= 0.3 is 0 Å². The van der Waals surface area contributed by atoms with Crippen LogP contribution in [0.5, 0.6) is 0 Å². The molecule has 10 heteroatoms. The van der Waals surface area contributed by atoms with Crippen LogP contribution in [0, 0.1) is 0 Å². The summed E-state index contributed by atoms with van der Waals surface area (Å²) in [5.74, 6) is 0. The molecule has 0 aromatic carbocycles. The summed E-state index contributed by atoms with van der Waals surface area (Å²) in [5.41, 5.74) is 0. The van der Waals surface area contributed by atoms with Gasteiger partial charge < -0.3 is 40.5 Å². The molecule has 10 heavy (non-hydrogen) atoms. The van der Waals surface area contributed by atoms with Crippen LogP contribution in [0.3, 0.4) is 0 Å². The second-order valence-corrected chi connectivity index (χ2v) is 0. The molecule has 0 aromatic heterocycles. The van der Waals surface area contributed by atoms with E-state index in [9.17, 15) is 0 Å². The number of rotatable bonds is 0. The summed E-state index contributed by atoms with van der Waals surface area (Å²) < 4.78 is 0. The van der Waals surface area contributed by atoms with E-state index in [1.165, 1.54) is 0 Å². The van der Waals surface area contributed by atoms with Crippen molar-refractivity contribution in [2.24, 2.45) is 0 Å². The Hall–Kier alpha value is 4.32. The summed E-state index contributed by atoms with van der Waals surface area (Å²) in [5, 5.41) is 0. The summed E-state index contributed by atoms with van der Waals surface area (Å²) in [6, 6.07) is 0. The standard InChI is InChI=1S/4Fe.Ni.5H2S/h;;;;;5*1H2/p-1. The minimum Gasteiger partial charge on any atom is -0.813 e. The molecule has 0 saturated heterocycles. The molecule has 0 rings (SSSR count). The van der Waals surface area contributed by atoms with Crippen molar-refractivity contribution in [3.05, 3.63) is 0 Å². The topological polar surface area (TPSA) is 0 Å². The maximum Gasteiger partial charge on any atom is 0 e. The van der Waals surface area contributed by atoms with Crippen LogP contribution in [-0.4, -0.2) is 0 Å². The van der Waals surface area contributed by atoms with E-state index in [1.807, 2.05) is 0 Å². The Bertz CT molecular complexity index is 13.6. The first kappa shape index (κ1) is 136. The molecule has 0 fully saturated rings. The van der Waals surface area contributed by atoms with Crippen LogP contribution in [0.1, 0.15) is 0 Å². The SMILES string of the molecule is [Fe].[Fe].[Fe].[Fe].[Ni].[SH-].[SH-].[SH-].[SH3+].[SH3+]. The molecule has 0 spiro atoms. The first-order chi connectivity index (χ1) is 0. The van der Waals surface area contributed by atoms with Crippen LogP contribution in [0.15, 0.2) is 0 Å². The summed E-state index contributed by atoms with van der Waals surface area (Å²) in [4.78, 5) is 0. The van der Waals surface area contributed by atoms with E-state index >= 15 is 0 Å². The van der Waals surface area contributed by atoms with Gasteiger partial charge in [-0.2, -0.15) is 0 Å². The van der Waals surface area contributed by atoms with E-state index in [4.69, 9.17) is 0 Å². The summed E-state index contributed by atoms with van der Waals surface area (Å²) in [6.45, 7) is 0. The van der Waals surface area contributed by atoms with Gasteiger partial charge in [0.15, 0.2) is 0 Å². The van der Waals surface area contributed by atoms with Crippen LogP contribution in [-0.2, 0) is 152 Å². The molecule has 0 aliphatic carbocycles. The van der Waals surface area contributed by atoms with Gasteiger partial charge in [0.25, 0.3) is 0 Å². The van der Waals surface area contributed by atoms with Crippen molar-refractivity contribution in [2.45, 2.75) is 0 Å². The second-order valence-electron chi connectivity index (χ2n) is 0. The zero-order valence-electron chi connectivity index (χ0n) is 4.23. The number of thiol groups is 3. The van der Waals surface area contributed by atoms with Gasteiger partial charge in [-0.3, -0.25) is 0 Å². The average Bonchev–Trinajstić information content (AvgIpc) is 0. The van der Waals surface area contributed by atoms with E-state index in [0.717, 1.165) is 0 Å². The van der Waals surface area contributed by atoms with E-state index < -0.39 is 0 Å². The number of hydrogen-bond donors (Lipinski definition) is 0. The van der Waals surface area contributed by atoms with Gasteiger partial charge in [-0.05, 0) is 0 Å². The third kappa shape index (κ3) is 84.6. The van der Waals surface area contributed by atoms with Gasteiger partial charge in [0.2, 0.25) is 0 Å². The maximum absolute atomic E-state index is 0. The Morgan fingerprint density at radius 2 is 0.400 bits per heavy atom. The Kier molecular flexibility index (Phi) is 1470. The quantitative estimate of drug-likeness (QED) is 0.174. The van der Waals surface area contributed by atoms with Gasteiger partial charge in [-0.25, -0.2) is 0 Å². The Morgan fingerprint density at radius 1 is 0.400 bits per heavy atom. The zero-order chi connectivity index (χ0) is 0. The molecule has 0 heterocycles. The summed E-state index contributed by atoms with van der Waals surface area (Å²) in [6.07, 6.45) is 0. The minimum absolute atomic E-state index is 0. The molecule has 0 nitrogen and oxygen atoms in total. The van der Waals surface area contributed by atoms with E-state index in [1.54, 1.807) is 0 Å². The molecule has 0 saturated carbocycles. The van der Waals surface area contributed by atoms with Crippen molar-refractivity contribution >= 4 is 67.5 Å². The van der Waals surface area contributed by atoms with E-state index in [2.05, 4.69) is 0 Å². The van der Waals surface area contributed by atoms with Gasteiger partial charge in [0.05, 0.1) is 0 Å². The minimum atomic E-state index is 0. The van der Waals surface area contributed by atoms with Gasteiger partial charge in [-0.1, -0.05) is 27.0 Å². The predicted molar refractivity (Wildman–Crippen MR) is 49.4 cm³/mol. The van der Waals surface area contributed by atoms with Crippen molar-refractivity contribution in [1.29, 1.82) is 0 Å². The molecule has 0 amide bonds. The Morgan fingerprint density at radius 3 is 0.400 bits per heavy atom. The molecular formula is H9Fe4NiS5-. The van der Waals surface area contributed by atoms with Crippen LogP contribution < -0.4 is 0 Å². The second kappa shape index (κ2) is 108. The third-order valence-corrected chi connectivity index (χ3v) is 0. The molecule has 0 aliphatic heterocycles. The van der Waals surface area contributed by atoms with Crippen LogP contribution in [0.2, 0.25) is 0 Å². The molecular weight excluding hydrogens is 442 g/mol. The average molecular weight is 451 g/mol.